The van der Waals surface area contributed by atoms with Crippen LogP contribution in [0.15, 0.2) is 4.63 Å². The number of nitrogen functional groups attached to an aromatic ring is 1. The SMILES string of the molecule is N#CC1CCCC1NC(=O)c1nonc1N. The van der Waals surface area contributed by atoms with Crippen molar-refractivity contribution in [1.82, 2.24) is 15.6 Å². The molecule has 1 amide bonds. The molecule has 0 bridgehead atoms. The fourth-order valence-electron chi connectivity index (χ4n) is 1.88. The molecule has 7 nitrogen and oxygen atoms in total. The minimum absolute atomic E-state index is 0.0245. The third-order valence-electron chi connectivity index (χ3n) is 2.73. The van der Waals surface area contributed by atoms with E-state index < -0.39 is 5.91 Å². The van der Waals surface area contributed by atoms with Gasteiger partial charge in [-0.15, -0.1) is 0 Å². The monoisotopic (exact) mass is 221 g/mol. The Morgan fingerprint density at radius 1 is 1.56 bits per heavy atom. The van der Waals surface area contributed by atoms with Gasteiger partial charge in [-0.05, 0) is 29.6 Å². The highest BCUT2D eigenvalue weighted by atomic mass is 16.6. The summed E-state index contributed by atoms with van der Waals surface area (Å²) >= 11 is 0. The van der Waals surface area contributed by atoms with Crippen LogP contribution < -0.4 is 11.1 Å². The number of anilines is 1. The van der Waals surface area contributed by atoms with Crippen molar-refractivity contribution in [3.05, 3.63) is 5.69 Å². The number of carbonyl (C=O) groups is 1. The van der Waals surface area contributed by atoms with Crippen molar-refractivity contribution in [1.29, 1.82) is 5.26 Å². The topological polar surface area (TPSA) is 118 Å². The summed E-state index contributed by atoms with van der Waals surface area (Å²) in [6, 6.07) is 2.04. The molecule has 1 aromatic rings. The van der Waals surface area contributed by atoms with Crippen molar-refractivity contribution in [2.75, 3.05) is 5.73 Å². The lowest BCUT2D eigenvalue weighted by atomic mass is 10.1. The fraction of sp³-hybridized carbons (Fsp3) is 0.556. The van der Waals surface area contributed by atoms with Crippen LogP contribution in [0.4, 0.5) is 5.82 Å². The maximum Gasteiger partial charge on any atom is 0.277 e. The van der Waals surface area contributed by atoms with E-state index in [1.54, 1.807) is 0 Å². The summed E-state index contributed by atoms with van der Waals surface area (Å²) in [6.45, 7) is 0. The van der Waals surface area contributed by atoms with Gasteiger partial charge in [-0.2, -0.15) is 5.26 Å². The van der Waals surface area contributed by atoms with Crippen molar-refractivity contribution in [2.24, 2.45) is 5.92 Å². The van der Waals surface area contributed by atoms with Crippen LogP contribution in [0, 0.1) is 17.2 Å². The van der Waals surface area contributed by atoms with Gasteiger partial charge in [-0.3, -0.25) is 4.79 Å². The first-order valence-corrected chi connectivity index (χ1v) is 5.01. The Morgan fingerprint density at radius 2 is 2.38 bits per heavy atom. The van der Waals surface area contributed by atoms with Crippen molar-refractivity contribution in [3.8, 4) is 6.07 Å². The zero-order valence-electron chi connectivity index (χ0n) is 8.51. The summed E-state index contributed by atoms with van der Waals surface area (Å²) in [7, 11) is 0. The number of aromatic nitrogens is 2. The first kappa shape index (κ1) is 10.4. The first-order chi connectivity index (χ1) is 7.72. The smallest absolute Gasteiger partial charge is 0.277 e. The second-order valence-electron chi connectivity index (χ2n) is 3.74. The number of rotatable bonds is 2. The second-order valence-corrected chi connectivity index (χ2v) is 3.74. The molecule has 7 heteroatoms. The molecule has 16 heavy (non-hydrogen) atoms. The summed E-state index contributed by atoms with van der Waals surface area (Å²) in [6.07, 6.45) is 2.55. The van der Waals surface area contributed by atoms with Crippen LogP contribution in [-0.4, -0.2) is 22.3 Å². The summed E-state index contributed by atoms with van der Waals surface area (Å²) < 4.78 is 4.33. The number of nitriles is 1. The lowest BCUT2D eigenvalue weighted by molar-refractivity contribution is 0.0923. The average Bonchev–Trinajstić information content (AvgIpc) is 2.86. The normalized spacial score (nSPS) is 23.9. The van der Waals surface area contributed by atoms with E-state index in [1.165, 1.54) is 0 Å². The molecule has 0 aliphatic heterocycles. The maximum atomic E-state index is 11.7. The van der Waals surface area contributed by atoms with Gasteiger partial charge < -0.3 is 11.1 Å². The molecule has 0 saturated heterocycles. The summed E-state index contributed by atoms with van der Waals surface area (Å²) in [5, 5.41) is 18.3. The number of amides is 1. The van der Waals surface area contributed by atoms with E-state index in [2.05, 4.69) is 26.3 Å². The molecule has 2 atom stereocenters. The molecule has 3 N–H and O–H groups in total. The van der Waals surface area contributed by atoms with Crippen LogP contribution in [-0.2, 0) is 0 Å². The average molecular weight is 221 g/mol. The maximum absolute atomic E-state index is 11.7. The molecule has 2 unspecified atom stereocenters. The Bertz CT molecular complexity index is 435. The van der Waals surface area contributed by atoms with Crippen molar-refractivity contribution in [2.45, 2.75) is 25.3 Å². The van der Waals surface area contributed by atoms with E-state index in [0.717, 1.165) is 19.3 Å². The highest BCUT2D eigenvalue weighted by Gasteiger charge is 2.30. The lowest BCUT2D eigenvalue weighted by Gasteiger charge is -2.14. The molecule has 1 aromatic heterocycles. The van der Waals surface area contributed by atoms with E-state index >= 15 is 0 Å². The van der Waals surface area contributed by atoms with Crippen LogP contribution in [0.3, 0.4) is 0 Å². The Hall–Kier alpha value is -2.10. The number of nitrogens with zero attached hydrogens (tertiary/aromatic N) is 3. The van der Waals surface area contributed by atoms with Crippen LogP contribution in [0.2, 0.25) is 0 Å². The first-order valence-electron chi connectivity index (χ1n) is 5.01. The predicted molar refractivity (Wildman–Crippen MR) is 52.9 cm³/mol. The second kappa shape index (κ2) is 4.18. The summed E-state index contributed by atoms with van der Waals surface area (Å²) in [4.78, 5) is 11.7. The number of nitrogens with two attached hydrogens (primary N) is 1. The Morgan fingerprint density at radius 3 is 3.00 bits per heavy atom. The van der Waals surface area contributed by atoms with E-state index in [4.69, 9.17) is 11.0 Å². The predicted octanol–water partition coefficient (Wildman–Crippen LogP) is 0.0739. The standard InChI is InChI=1S/C9H11N5O2/c10-4-5-2-1-3-6(5)12-9(15)7-8(11)14-16-13-7/h5-6H,1-3H2,(H2,11,14)(H,12,15). The third kappa shape index (κ3) is 1.82. The molecule has 1 saturated carbocycles. The zero-order chi connectivity index (χ0) is 11.5. The van der Waals surface area contributed by atoms with Crippen molar-refractivity contribution < 1.29 is 9.42 Å². The summed E-state index contributed by atoms with van der Waals surface area (Å²) in [5.74, 6) is -0.611. The van der Waals surface area contributed by atoms with Gasteiger partial charge in [0.2, 0.25) is 11.5 Å². The van der Waals surface area contributed by atoms with Crippen LogP contribution in [0.1, 0.15) is 29.8 Å². The number of carbonyl (C=O) groups excluding carboxylic acids is 1. The van der Waals surface area contributed by atoms with Gasteiger partial charge in [0.05, 0.1) is 12.0 Å². The van der Waals surface area contributed by atoms with Gasteiger partial charge in [0.1, 0.15) is 0 Å². The van der Waals surface area contributed by atoms with Crippen molar-refractivity contribution in [3.63, 3.8) is 0 Å². The number of hydrogen-bond donors (Lipinski definition) is 2. The minimum Gasteiger partial charge on any atom is -0.379 e. The molecule has 1 aliphatic rings. The highest BCUT2D eigenvalue weighted by molar-refractivity contribution is 5.96. The number of hydrogen-bond acceptors (Lipinski definition) is 6. The Labute approximate surface area is 91.6 Å². The van der Waals surface area contributed by atoms with Gasteiger partial charge in [0, 0.05) is 6.04 Å². The molecule has 2 rings (SSSR count). The lowest BCUT2D eigenvalue weighted by Crippen LogP contribution is -2.37. The van der Waals surface area contributed by atoms with E-state index in [9.17, 15) is 4.79 Å². The minimum atomic E-state index is -0.439. The van der Waals surface area contributed by atoms with Gasteiger partial charge in [-0.1, -0.05) is 0 Å². The molecule has 1 heterocycles. The van der Waals surface area contributed by atoms with Gasteiger partial charge in [0.15, 0.2) is 0 Å². The Balaban J connectivity index is 2.03. The molecular formula is C9H11N5O2. The highest BCUT2D eigenvalue weighted by Crippen LogP contribution is 2.25. The molecule has 1 fully saturated rings. The van der Waals surface area contributed by atoms with Gasteiger partial charge in [-0.25, -0.2) is 4.63 Å². The number of nitrogens with one attached hydrogen (secondary N) is 1. The van der Waals surface area contributed by atoms with E-state index in [1.807, 2.05) is 0 Å². The quantitative estimate of drug-likeness (QED) is 0.729. The van der Waals surface area contributed by atoms with Crippen molar-refractivity contribution >= 4 is 11.7 Å². The largest absolute Gasteiger partial charge is 0.379 e. The van der Waals surface area contributed by atoms with E-state index in [-0.39, 0.29) is 23.5 Å². The van der Waals surface area contributed by atoms with Crippen LogP contribution in [0.5, 0.6) is 0 Å². The Kier molecular flexibility index (Phi) is 2.72. The van der Waals surface area contributed by atoms with Gasteiger partial charge >= 0.3 is 0 Å². The van der Waals surface area contributed by atoms with Crippen LogP contribution >= 0.6 is 0 Å². The zero-order valence-corrected chi connectivity index (χ0v) is 8.51. The molecule has 84 valence electrons. The van der Waals surface area contributed by atoms with E-state index in [0.29, 0.717) is 0 Å². The third-order valence-corrected chi connectivity index (χ3v) is 2.73. The molecule has 0 radical (unpaired) electrons. The van der Waals surface area contributed by atoms with Gasteiger partial charge in [0.25, 0.3) is 5.91 Å². The fourth-order valence-corrected chi connectivity index (χ4v) is 1.88. The summed E-state index contributed by atoms with van der Waals surface area (Å²) in [5.41, 5.74) is 5.37. The molecule has 1 aliphatic carbocycles. The molecule has 0 aromatic carbocycles. The molecular weight excluding hydrogens is 210 g/mol. The van der Waals surface area contributed by atoms with Crippen LogP contribution in [0.25, 0.3) is 0 Å². The molecule has 0 spiro atoms.